The number of aromatic nitrogens is 1. The second kappa shape index (κ2) is 11.9. The van der Waals surface area contributed by atoms with E-state index in [1.54, 1.807) is 11.3 Å². The van der Waals surface area contributed by atoms with E-state index < -0.39 is 0 Å². The molecular formula is C19H34N6OS. The Morgan fingerprint density at radius 3 is 2.70 bits per heavy atom. The second-order valence-corrected chi connectivity index (χ2v) is 7.77. The number of likely N-dealkylation sites (tertiary alicyclic amines) is 1. The lowest BCUT2D eigenvalue weighted by Crippen LogP contribution is -2.50. The third kappa shape index (κ3) is 7.84. The smallest absolute Gasteiger partial charge is 0.234 e. The Kier molecular flexibility index (Phi) is 9.55. The van der Waals surface area contributed by atoms with Crippen LogP contribution in [0.5, 0.6) is 0 Å². The number of amides is 1. The lowest BCUT2D eigenvalue weighted by molar-refractivity contribution is -0.122. The zero-order valence-electron chi connectivity index (χ0n) is 16.9. The largest absolute Gasteiger partial charge is 0.357 e. The molecule has 3 N–H and O–H groups in total. The summed E-state index contributed by atoms with van der Waals surface area (Å²) in [6.45, 7) is 10.8. The molecule has 2 heterocycles. The minimum Gasteiger partial charge on any atom is -0.357 e. The van der Waals surface area contributed by atoms with Gasteiger partial charge in [0, 0.05) is 37.6 Å². The van der Waals surface area contributed by atoms with E-state index in [1.807, 2.05) is 0 Å². The number of carbonyl (C=O) groups excluding carboxylic acids is 1. The van der Waals surface area contributed by atoms with E-state index in [1.165, 1.54) is 0 Å². The van der Waals surface area contributed by atoms with Crippen molar-refractivity contribution in [3.63, 3.8) is 0 Å². The van der Waals surface area contributed by atoms with Crippen molar-refractivity contribution in [2.45, 2.75) is 59.0 Å². The predicted molar refractivity (Wildman–Crippen MR) is 112 cm³/mol. The molecule has 0 atom stereocenters. The first-order valence-electron chi connectivity index (χ1n) is 10.1. The van der Waals surface area contributed by atoms with Gasteiger partial charge < -0.3 is 16.0 Å². The first-order chi connectivity index (χ1) is 13.1. The molecule has 0 spiro atoms. The first kappa shape index (κ1) is 21.6. The summed E-state index contributed by atoms with van der Waals surface area (Å²) in [6, 6.07) is 0.388. The van der Waals surface area contributed by atoms with Crippen LogP contribution in [0.15, 0.2) is 10.4 Å². The van der Waals surface area contributed by atoms with Crippen molar-refractivity contribution in [3.8, 4) is 0 Å². The van der Waals surface area contributed by atoms with Gasteiger partial charge in [-0.2, -0.15) is 0 Å². The summed E-state index contributed by atoms with van der Waals surface area (Å²) in [5, 5.41) is 13.1. The molecule has 0 unspecified atom stereocenters. The number of piperidine rings is 1. The molecule has 1 aromatic rings. The number of carbonyl (C=O) groups is 1. The van der Waals surface area contributed by atoms with E-state index in [9.17, 15) is 4.79 Å². The van der Waals surface area contributed by atoms with Crippen molar-refractivity contribution in [1.29, 1.82) is 0 Å². The molecule has 152 valence electrons. The molecule has 0 bridgehead atoms. The van der Waals surface area contributed by atoms with Crippen molar-refractivity contribution >= 4 is 23.2 Å². The van der Waals surface area contributed by atoms with Crippen LogP contribution < -0.4 is 16.0 Å². The molecule has 1 fully saturated rings. The van der Waals surface area contributed by atoms with Gasteiger partial charge in [0.05, 0.1) is 23.8 Å². The molecule has 7 nitrogen and oxygen atoms in total. The maximum atomic E-state index is 11.9. The number of hydrogen-bond donors (Lipinski definition) is 3. The fourth-order valence-electron chi connectivity index (χ4n) is 3.02. The summed E-state index contributed by atoms with van der Waals surface area (Å²) < 4.78 is 0. The lowest BCUT2D eigenvalue weighted by atomic mass is 10.1. The standard InChI is InChI=1S/C19H34N6OS/c1-4-9-21-17(26)13-25-10-7-15(8-11-25)24-19(20-6-3)22-12-16-14-27-18(5-2)23-16/h14-15H,4-13H2,1-3H3,(H,21,26)(H2,20,22,24). The van der Waals surface area contributed by atoms with Crippen molar-refractivity contribution in [3.05, 3.63) is 16.1 Å². The molecule has 1 saturated heterocycles. The predicted octanol–water partition coefficient (Wildman–Crippen LogP) is 1.75. The molecular weight excluding hydrogens is 360 g/mol. The Morgan fingerprint density at radius 2 is 2.07 bits per heavy atom. The molecule has 0 radical (unpaired) electrons. The highest BCUT2D eigenvalue weighted by Gasteiger charge is 2.21. The van der Waals surface area contributed by atoms with Crippen LogP contribution in [0.3, 0.4) is 0 Å². The molecule has 27 heavy (non-hydrogen) atoms. The third-order valence-corrected chi connectivity index (χ3v) is 5.55. The van der Waals surface area contributed by atoms with E-state index in [2.05, 4.69) is 57.0 Å². The Hall–Kier alpha value is -1.67. The zero-order chi connectivity index (χ0) is 19.5. The summed E-state index contributed by atoms with van der Waals surface area (Å²) in [6.07, 6.45) is 3.98. The van der Waals surface area contributed by atoms with Gasteiger partial charge in [-0.1, -0.05) is 13.8 Å². The van der Waals surface area contributed by atoms with Crippen LogP contribution in [0, 0.1) is 0 Å². The summed E-state index contributed by atoms with van der Waals surface area (Å²) >= 11 is 1.70. The quantitative estimate of drug-likeness (QED) is 0.439. The first-order valence-corrected chi connectivity index (χ1v) is 11.0. The molecule has 1 amide bonds. The van der Waals surface area contributed by atoms with E-state index in [0.717, 1.165) is 68.5 Å². The van der Waals surface area contributed by atoms with Gasteiger partial charge in [-0.3, -0.25) is 9.69 Å². The fraction of sp³-hybridized carbons (Fsp3) is 0.737. The van der Waals surface area contributed by atoms with Crippen LogP contribution in [0.2, 0.25) is 0 Å². The number of aryl methyl sites for hydroxylation is 1. The summed E-state index contributed by atoms with van der Waals surface area (Å²) in [4.78, 5) is 23.4. The minimum absolute atomic E-state index is 0.132. The molecule has 2 rings (SSSR count). The number of nitrogens with zero attached hydrogens (tertiary/aromatic N) is 3. The monoisotopic (exact) mass is 394 g/mol. The molecule has 1 aliphatic rings. The van der Waals surface area contributed by atoms with Crippen LogP contribution in [0.4, 0.5) is 0 Å². The Labute approximate surface area is 167 Å². The second-order valence-electron chi connectivity index (χ2n) is 6.83. The average Bonchev–Trinajstić information content (AvgIpc) is 3.14. The van der Waals surface area contributed by atoms with Gasteiger partial charge >= 0.3 is 0 Å². The minimum atomic E-state index is 0.132. The maximum Gasteiger partial charge on any atom is 0.234 e. The maximum absolute atomic E-state index is 11.9. The highest BCUT2D eigenvalue weighted by atomic mass is 32.1. The Balaban J connectivity index is 1.78. The van der Waals surface area contributed by atoms with E-state index in [-0.39, 0.29) is 5.91 Å². The van der Waals surface area contributed by atoms with Gasteiger partial charge in [-0.15, -0.1) is 11.3 Å². The highest BCUT2D eigenvalue weighted by molar-refractivity contribution is 7.09. The number of guanidine groups is 1. The third-order valence-electron chi connectivity index (χ3n) is 4.51. The molecule has 8 heteroatoms. The lowest BCUT2D eigenvalue weighted by Gasteiger charge is -2.32. The zero-order valence-corrected chi connectivity index (χ0v) is 17.7. The number of nitrogens with one attached hydrogen (secondary N) is 3. The highest BCUT2D eigenvalue weighted by Crippen LogP contribution is 2.12. The van der Waals surface area contributed by atoms with E-state index in [4.69, 9.17) is 0 Å². The van der Waals surface area contributed by atoms with Gasteiger partial charge in [0.25, 0.3) is 0 Å². The Bertz CT molecular complexity index is 595. The van der Waals surface area contributed by atoms with Gasteiger partial charge in [0.2, 0.25) is 5.91 Å². The van der Waals surface area contributed by atoms with Gasteiger partial charge in [0.1, 0.15) is 0 Å². The van der Waals surface area contributed by atoms with Gasteiger partial charge in [-0.05, 0) is 32.6 Å². The normalized spacial score (nSPS) is 16.3. The van der Waals surface area contributed by atoms with Crippen molar-refractivity contribution in [2.75, 3.05) is 32.7 Å². The fourth-order valence-corrected chi connectivity index (χ4v) is 3.75. The van der Waals surface area contributed by atoms with Crippen molar-refractivity contribution < 1.29 is 4.79 Å². The molecule has 0 aliphatic carbocycles. The van der Waals surface area contributed by atoms with Crippen LogP contribution >= 0.6 is 11.3 Å². The number of rotatable bonds is 9. The topological polar surface area (TPSA) is 81.7 Å². The molecule has 1 aliphatic heterocycles. The van der Waals surface area contributed by atoms with E-state index >= 15 is 0 Å². The number of aliphatic imine (C=N–C) groups is 1. The van der Waals surface area contributed by atoms with Gasteiger partial charge in [-0.25, -0.2) is 9.98 Å². The van der Waals surface area contributed by atoms with Crippen LogP contribution in [0.25, 0.3) is 0 Å². The average molecular weight is 395 g/mol. The van der Waals surface area contributed by atoms with E-state index in [0.29, 0.717) is 19.1 Å². The Morgan fingerprint density at radius 1 is 1.30 bits per heavy atom. The summed E-state index contributed by atoms with van der Waals surface area (Å²) in [7, 11) is 0. The number of hydrogen-bond acceptors (Lipinski definition) is 5. The SMILES string of the molecule is CCCNC(=O)CN1CCC(NC(=NCc2csc(CC)n2)NCC)CC1. The van der Waals surface area contributed by atoms with Crippen molar-refractivity contribution in [1.82, 2.24) is 25.8 Å². The van der Waals surface area contributed by atoms with Crippen molar-refractivity contribution in [2.24, 2.45) is 4.99 Å². The summed E-state index contributed by atoms with van der Waals surface area (Å²) in [5.41, 5.74) is 1.03. The summed E-state index contributed by atoms with van der Waals surface area (Å²) in [5.74, 6) is 0.982. The van der Waals surface area contributed by atoms with Crippen LogP contribution in [-0.2, 0) is 17.8 Å². The molecule has 0 aromatic carbocycles. The molecule has 1 aromatic heterocycles. The number of thiazole rings is 1. The van der Waals surface area contributed by atoms with Crippen LogP contribution in [-0.4, -0.2) is 60.5 Å². The molecule has 0 saturated carbocycles. The van der Waals surface area contributed by atoms with Gasteiger partial charge in [0.15, 0.2) is 5.96 Å². The van der Waals surface area contributed by atoms with Crippen LogP contribution in [0.1, 0.15) is 50.7 Å².